The van der Waals surface area contributed by atoms with Gasteiger partial charge in [0.05, 0.1) is 0 Å². The summed E-state index contributed by atoms with van der Waals surface area (Å²) in [7, 11) is 0. The van der Waals surface area contributed by atoms with Crippen LogP contribution in [0.5, 0.6) is 0 Å². The second-order valence-electron chi connectivity index (χ2n) is 14.7. The summed E-state index contributed by atoms with van der Waals surface area (Å²) in [6.45, 7) is 9.12. The third-order valence-corrected chi connectivity index (χ3v) is 11.3. The molecule has 0 heterocycles. The highest BCUT2D eigenvalue weighted by Crippen LogP contribution is 2.52. The second-order valence-corrected chi connectivity index (χ2v) is 14.7. The van der Waals surface area contributed by atoms with Crippen LogP contribution in [0.15, 0.2) is 152 Å². The van der Waals surface area contributed by atoms with E-state index in [1.54, 1.807) is 0 Å². The van der Waals surface area contributed by atoms with Gasteiger partial charge in [0.25, 0.3) is 0 Å². The number of hydrogen-bond acceptors (Lipinski definition) is 1. The number of anilines is 3. The van der Waals surface area contributed by atoms with E-state index in [0.29, 0.717) is 0 Å². The fraction of sp³-hybridized carbons (Fsp3) is 0.102. The van der Waals surface area contributed by atoms with Crippen LogP contribution in [0.3, 0.4) is 0 Å². The number of aryl methyl sites for hydroxylation is 2. The first-order valence-corrected chi connectivity index (χ1v) is 17.7. The Morgan fingerprint density at radius 2 is 0.900 bits per heavy atom. The van der Waals surface area contributed by atoms with Crippen LogP contribution in [0.2, 0.25) is 0 Å². The normalized spacial score (nSPS) is 13.4. The van der Waals surface area contributed by atoms with Crippen LogP contribution in [-0.4, -0.2) is 0 Å². The van der Waals surface area contributed by atoms with Gasteiger partial charge in [0, 0.05) is 22.5 Å². The third kappa shape index (κ3) is 4.13. The van der Waals surface area contributed by atoms with Crippen LogP contribution in [0.4, 0.5) is 17.1 Å². The summed E-state index contributed by atoms with van der Waals surface area (Å²) in [6, 6.07) is 56.9. The van der Waals surface area contributed by atoms with Crippen LogP contribution in [0.1, 0.15) is 36.1 Å². The van der Waals surface area contributed by atoms with Gasteiger partial charge in [-0.3, -0.25) is 0 Å². The Morgan fingerprint density at radius 1 is 0.400 bits per heavy atom. The van der Waals surface area contributed by atoms with Gasteiger partial charge in [-0.05, 0) is 144 Å². The molecule has 0 saturated heterocycles. The molecule has 0 unspecified atom stereocenters. The van der Waals surface area contributed by atoms with Gasteiger partial charge in [0.2, 0.25) is 0 Å². The van der Waals surface area contributed by atoms with Gasteiger partial charge in [-0.2, -0.15) is 0 Å². The van der Waals surface area contributed by atoms with Crippen LogP contribution >= 0.6 is 0 Å². The number of benzene rings is 9. The van der Waals surface area contributed by atoms with Gasteiger partial charge in [0.15, 0.2) is 0 Å². The fourth-order valence-corrected chi connectivity index (χ4v) is 8.91. The van der Waals surface area contributed by atoms with Gasteiger partial charge >= 0.3 is 0 Å². The number of rotatable bonds is 4. The molecule has 1 heteroatoms. The van der Waals surface area contributed by atoms with E-state index in [2.05, 4.69) is 184 Å². The van der Waals surface area contributed by atoms with Crippen molar-refractivity contribution in [3.8, 4) is 22.3 Å². The van der Waals surface area contributed by atoms with Crippen LogP contribution in [0, 0.1) is 13.8 Å². The summed E-state index contributed by atoms with van der Waals surface area (Å²) in [6.07, 6.45) is 0. The van der Waals surface area contributed by atoms with Crippen LogP contribution in [0.25, 0.3) is 65.3 Å². The highest BCUT2D eigenvalue weighted by atomic mass is 15.1. The molecule has 0 spiro atoms. The molecule has 0 N–H and O–H groups in total. The van der Waals surface area contributed by atoms with Gasteiger partial charge < -0.3 is 4.90 Å². The van der Waals surface area contributed by atoms with Crippen LogP contribution in [-0.2, 0) is 5.41 Å². The fourth-order valence-electron chi connectivity index (χ4n) is 8.91. The van der Waals surface area contributed by atoms with Crippen molar-refractivity contribution >= 4 is 60.2 Å². The molecular weight excluding hydrogens is 603 g/mol. The molecule has 238 valence electrons. The average molecular weight is 640 g/mol. The van der Waals surface area contributed by atoms with E-state index >= 15 is 0 Å². The van der Waals surface area contributed by atoms with Gasteiger partial charge in [-0.25, -0.2) is 0 Å². The van der Waals surface area contributed by atoms with Gasteiger partial charge in [-0.1, -0.05) is 123 Å². The zero-order valence-electron chi connectivity index (χ0n) is 28.9. The maximum Gasteiger partial charge on any atom is 0.0465 e. The lowest BCUT2D eigenvalue weighted by Gasteiger charge is -2.28. The highest BCUT2D eigenvalue weighted by Gasteiger charge is 2.36. The smallest absolute Gasteiger partial charge is 0.0465 e. The number of nitrogens with zero attached hydrogens (tertiary/aromatic N) is 1. The van der Waals surface area contributed by atoms with Crippen molar-refractivity contribution in [1.29, 1.82) is 0 Å². The second kappa shape index (κ2) is 10.5. The van der Waals surface area contributed by atoms with Gasteiger partial charge in [0.1, 0.15) is 0 Å². The molecule has 0 bridgehead atoms. The summed E-state index contributed by atoms with van der Waals surface area (Å²) < 4.78 is 0. The van der Waals surface area contributed by atoms with E-state index in [9.17, 15) is 0 Å². The van der Waals surface area contributed by atoms with E-state index in [1.807, 2.05) is 0 Å². The lowest BCUT2D eigenvalue weighted by Crippen LogP contribution is -2.16. The largest absolute Gasteiger partial charge is 0.310 e. The third-order valence-electron chi connectivity index (χ3n) is 11.3. The standard InChI is InChI=1S/C49H37N/c1-30-10-5-14-34(26-30)50(35-15-6-11-31(2)27-35)36-21-23-39-38-22-20-33(28-45(38)49(3,4)46(39)29-36)37-24-25-44-42-17-8-13-32-12-7-16-41(47(32)42)43-19-9-18-40(37)48(43)44/h5-29H,1-4H3. The van der Waals surface area contributed by atoms with Crippen molar-refractivity contribution in [2.75, 3.05) is 4.90 Å². The molecule has 50 heavy (non-hydrogen) atoms. The average Bonchev–Trinajstić information content (AvgIpc) is 3.35. The first kappa shape index (κ1) is 29.0. The maximum absolute atomic E-state index is 2.47. The molecule has 1 aliphatic carbocycles. The minimum Gasteiger partial charge on any atom is -0.310 e. The Hall–Kier alpha value is -5.92. The Balaban J connectivity index is 1.12. The molecule has 0 fully saturated rings. The van der Waals surface area contributed by atoms with Crippen molar-refractivity contribution < 1.29 is 0 Å². The molecule has 0 radical (unpaired) electrons. The number of fused-ring (bicyclic) bond motifs is 5. The first-order chi connectivity index (χ1) is 24.4. The summed E-state index contributed by atoms with van der Waals surface area (Å²) in [5.74, 6) is 0. The zero-order valence-corrected chi connectivity index (χ0v) is 28.9. The SMILES string of the molecule is Cc1cccc(N(c2cccc(C)c2)c2ccc3c(c2)C(C)(C)c2cc(-c4ccc5c6cccc7cccc(c8cccc4c85)c76)ccc2-3)c1. The Labute approximate surface area is 293 Å². The van der Waals surface area contributed by atoms with Gasteiger partial charge in [-0.15, -0.1) is 0 Å². The van der Waals surface area contributed by atoms with Crippen molar-refractivity contribution in [3.05, 3.63) is 174 Å². The molecule has 9 aromatic rings. The predicted octanol–water partition coefficient (Wildman–Crippen LogP) is 13.8. The summed E-state index contributed by atoms with van der Waals surface area (Å²) in [4.78, 5) is 2.40. The lowest BCUT2D eigenvalue weighted by atomic mass is 9.81. The van der Waals surface area contributed by atoms with E-state index in [0.717, 1.165) is 0 Å². The minimum absolute atomic E-state index is 0.164. The molecule has 0 amide bonds. The van der Waals surface area contributed by atoms with E-state index in [1.165, 1.54) is 105 Å². The highest BCUT2D eigenvalue weighted by molar-refractivity contribution is 6.34. The molecule has 10 rings (SSSR count). The van der Waals surface area contributed by atoms with E-state index in [4.69, 9.17) is 0 Å². The molecule has 0 aliphatic heterocycles. The topological polar surface area (TPSA) is 3.24 Å². The van der Waals surface area contributed by atoms with Crippen molar-refractivity contribution in [2.24, 2.45) is 0 Å². The van der Waals surface area contributed by atoms with Crippen molar-refractivity contribution in [3.63, 3.8) is 0 Å². The predicted molar refractivity (Wildman–Crippen MR) is 215 cm³/mol. The minimum atomic E-state index is -0.164. The van der Waals surface area contributed by atoms with E-state index < -0.39 is 0 Å². The Morgan fingerprint density at radius 3 is 1.56 bits per heavy atom. The Kier molecular flexibility index (Phi) is 6.12. The first-order valence-electron chi connectivity index (χ1n) is 17.7. The molecule has 9 aromatic carbocycles. The molecule has 0 saturated carbocycles. The van der Waals surface area contributed by atoms with E-state index in [-0.39, 0.29) is 5.41 Å². The summed E-state index contributed by atoms with van der Waals surface area (Å²) in [5, 5.41) is 10.7. The van der Waals surface area contributed by atoms with Crippen molar-refractivity contribution in [1.82, 2.24) is 0 Å². The summed E-state index contributed by atoms with van der Waals surface area (Å²) in [5.41, 5.74) is 13.8. The van der Waals surface area contributed by atoms with Crippen molar-refractivity contribution in [2.45, 2.75) is 33.1 Å². The quantitative estimate of drug-likeness (QED) is 0.137. The molecule has 1 aliphatic rings. The molecular formula is C49H37N. The molecule has 1 nitrogen and oxygen atoms in total. The summed E-state index contributed by atoms with van der Waals surface area (Å²) >= 11 is 0. The zero-order chi connectivity index (χ0) is 33.7. The van der Waals surface area contributed by atoms with Crippen LogP contribution < -0.4 is 4.90 Å². The molecule has 0 aromatic heterocycles. The number of hydrogen-bond donors (Lipinski definition) is 0. The molecule has 0 atom stereocenters. The Bertz CT molecular complexity index is 2720. The maximum atomic E-state index is 2.47. The monoisotopic (exact) mass is 639 g/mol. The lowest BCUT2D eigenvalue weighted by molar-refractivity contribution is 0.660.